The fourth-order valence-electron chi connectivity index (χ4n) is 1.61. The van der Waals surface area contributed by atoms with Crippen molar-refractivity contribution in [2.24, 2.45) is 0 Å². The van der Waals surface area contributed by atoms with Crippen molar-refractivity contribution in [3.05, 3.63) is 63.9 Å². The highest BCUT2D eigenvalue weighted by Gasteiger charge is 2.03. The number of hydrogen-bond acceptors (Lipinski definition) is 3. The normalized spacial score (nSPS) is 10.6. The summed E-state index contributed by atoms with van der Waals surface area (Å²) in [6, 6.07) is 10.3. The predicted octanol–water partition coefficient (Wildman–Crippen LogP) is 2.78. The summed E-state index contributed by atoms with van der Waals surface area (Å²) in [7, 11) is 0. The van der Waals surface area contributed by atoms with Crippen LogP contribution in [0.1, 0.15) is 20.8 Å². The van der Waals surface area contributed by atoms with Gasteiger partial charge in [-0.1, -0.05) is 18.2 Å². The summed E-state index contributed by atoms with van der Waals surface area (Å²) in [6.45, 7) is 0.300. The zero-order valence-corrected chi connectivity index (χ0v) is 11.4. The number of rotatable bonds is 5. The zero-order valence-electron chi connectivity index (χ0n) is 10.6. The molecule has 2 aromatic rings. The quantitative estimate of drug-likeness (QED) is 0.831. The van der Waals surface area contributed by atoms with Crippen LogP contribution < -0.4 is 5.32 Å². The molecule has 0 aliphatic carbocycles. The third-order valence-electron chi connectivity index (χ3n) is 2.58. The third kappa shape index (κ3) is 4.07. The molecule has 1 amide bonds. The van der Waals surface area contributed by atoms with Crippen LogP contribution in [0.15, 0.2) is 47.9 Å². The van der Waals surface area contributed by atoms with Gasteiger partial charge in [0, 0.05) is 17.5 Å². The van der Waals surface area contributed by atoms with Gasteiger partial charge in [-0.15, -0.1) is 11.3 Å². The first-order valence-electron chi connectivity index (χ1n) is 5.97. The standard InChI is InChI=1S/C15H13NO3S/c17-14(7-6-13-5-2-8-20-13)16-10-11-3-1-4-12(9-11)15(18)19/h1-9H,10H2,(H,16,17)(H,18,19)/b7-6+. The second-order valence-corrected chi connectivity index (χ2v) is 5.05. The lowest BCUT2D eigenvalue weighted by Gasteiger charge is -2.03. The lowest BCUT2D eigenvalue weighted by atomic mass is 10.1. The van der Waals surface area contributed by atoms with Gasteiger partial charge in [-0.25, -0.2) is 4.79 Å². The number of hydrogen-bond donors (Lipinski definition) is 2. The number of carbonyl (C=O) groups excluding carboxylic acids is 1. The molecule has 0 saturated carbocycles. The predicted molar refractivity (Wildman–Crippen MR) is 78.6 cm³/mol. The number of carbonyl (C=O) groups is 2. The summed E-state index contributed by atoms with van der Waals surface area (Å²) in [6.07, 6.45) is 3.21. The molecule has 5 heteroatoms. The minimum atomic E-state index is -0.976. The Labute approximate surface area is 120 Å². The van der Waals surface area contributed by atoms with Crippen LogP contribution in [0.3, 0.4) is 0 Å². The molecule has 0 saturated heterocycles. The largest absolute Gasteiger partial charge is 0.478 e. The Bertz CT molecular complexity index is 632. The molecule has 0 unspecified atom stereocenters. The summed E-state index contributed by atoms with van der Waals surface area (Å²) < 4.78 is 0. The lowest BCUT2D eigenvalue weighted by molar-refractivity contribution is -0.116. The van der Waals surface area contributed by atoms with E-state index >= 15 is 0 Å². The van der Waals surface area contributed by atoms with Crippen LogP contribution in [-0.4, -0.2) is 17.0 Å². The molecular formula is C15H13NO3S. The molecule has 0 aliphatic heterocycles. The molecular weight excluding hydrogens is 274 g/mol. The van der Waals surface area contributed by atoms with Crippen LogP contribution >= 0.6 is 11.3 Å². The van der Waals surface area contributed by atoms with Crippen LogP contribution in [0, 0.1) is 0 Å². The van der Waals surface area contributed by atoms with Gasteiger partial charge < -0.3 is 10.4 Å². The number of thiophene rings is 1. The van der Waals surface area contributed by atoms with E-state index in [1.165, 1.54) is 12.1 Å². The van der Waals surface area contributed by atoms with Crippen LogP contribution in [0.5, 0.6) is 0 Å². The molecule has 0 fully saturated rings. The Morgan fingerprint density at radius 3 is 2.80 bits per heavy atom. The van der Waals surface area contributed by atoms with Crippen LogP contribution in [0.4, 0.5) is 0 Å². The number of nitrogens with one attached hydrogen (secondary N) is 1. The molecule has 1 aromatic heterocycles. The minimum Gasteiger partial charge on any atom is -0.478 e. The van der Waals surface area contributed by atoms with Gasteiger partial charge in [-0.3, -0.25) is 4.79 Å². The van der Waals surface area contributed by atoms with E-state index in [1.807, 2.05) is 17.5 Å². The van der Waals surface area contributed by atoms with Gasteiger partial charge in [0.05, 0.1) is 5.56 Å². The van der Waals surface area contributed by atoms with E-state index in [4.69, 9.17) is 5.11 Å². The summed E-state index contributed by atoms with van der Waals surface area (Å²) in [5.74, 6) is -1.19. The van der Waals surface area contributed by atoms with Gasteiger partial charge in [0.15, 0.2) is 0 Å². The van der Waals surface area contributed by atoms with E-state index in [1.54, 1.807) is 35.6 Å². The van der Waals surface area contributed by atoms with Crippen molar-refractivity contribution in [3.8, 4) is 0 Å². The topological polar surface area (TPSA) is 66.4 Å². The number of amides is 1. The van der Waals surface area contributed by atoms with Crippen molar-refractivity contribution >= 4 is 29.3 Å². The Morgan fingerprint density at radius 1 is 1.25 bits per heavy atom. The van der Waals surface area contributed by atoms with Crippen molar-refractivity contribution < 1.29 is 14.7 Å². The van der Waals surface area contributed by atoms with Crippen LogP contribution in [0.25, 0.3) is 6.08 Å². The summed E-state index contributed by atoms with van der Waals surface area (Å²) in [5, 5.41) is 13.5. The Hall–Kier alpha value is -2.40. The zero-order chi connectivity index (χ0) is 14.4. The summed E-state index contributed by atoms with van der Waals surface area (Å²) in [5.41, 5.74) is 0.966. The second kappa shape index (κ2) is 6.68. The van der Waals surface area contributed by atoms with E-state index in [0.717, 1.165) is 10.4 Å². The van der Waals surface area contributed by atoms with Crippen molar-refractivity contribution in [2.75, 3.05) is 0 Å². The van der Waals surface area contributed by atoms with Gasteiger partial charge >= 0.3 is 5.97 Å². The van der Waals surface area contributed by atoms with Crippen molar-refractivity contribution in [1.82, 2.24) is 5.32 Å². The Balaban J connectivity index is 1.90. The molecule has 1 aromatic carbocycles. The number of benzene rings is 1. The van der Waals surface area contributed by atoms with E-state index < -0.39 is 5.97 Å². The molecule has 0 aliphatic rings. The van der Waals surface area contributed by atoms with Crippen LogP contribution in [0.2, 0.25) is 0 Å². The average Bonchev–Trinajstić information content (AvgIpc) is 2.96. The molecule has 1 heterocycles. The Kier molecular flexibility index (Phi) is 4.68. The lowest BCUT2D eigenvalue weighted by Crippen LogP contribution is -2.20. The molecule has 0 radical (unpaired) electrons. The van der Waals surface area contributed by atoms with Crippen molar-refractivity contribution in [1.29, 1.82) is 0 Å². The maximum atomic E-state index is 11.6. The number of carboxylic acids is 1. The first-order valence-corrected chi connectivity index (χ1v) is 6.85. The van der Waals surface area contributed by atoms with Gasteiger partial charge in [0.2, 0.25) is 5.91 Å². The fraction of sp³-hybridized carbons (Fsp3) is 0.0667. The molecule has 102 valence electrons. The average molecular weight is 287 g/mol. The van der Waals surface area contributed by atoms with Crippen molar-refractivity contribution in [2.45, 2.75) is 6.54 Å². The third-order valence-corrected chi connectivity index (χ3v) is 3.42. The molecule has 0 atom stereocenters. The van der Waals surface area contributed by atoms with E-state index in [9.17, 15) is 9.59 Å². The summed E-state index contributed by atoms with van der Waals surface area (Å²) in [4.78, 5) is 23.5. The first kappa shape index (κ1) is 14.0. The monoisotopic (exact) mass is 287 g/mol. The van der Waals surface area contributed by atoms with Gasteiger partial charge in [0.1, 0.15) is 0 Å². The molecule has 2 rings (SSSR count). The van der Waals surface area contributed by atoms with Gasteiger partial charge in [0.25, 0.3) is 0 Å². The van der Waals surface area contributed by atoms with Crippen LogP contribution in [-0.2, 0) is 11.3 Å². The maximum Gasteiger partial charge on any atom is 0.335 e. The van der Waals surface area contributed by atoms with E-state index in [-0.39, 0.29) is 11.5 Å². The smallest absolute Gasteiger partial charge is 0.335 e. The van der Waals surface area contributed by atoms with Gasteiger partial charge in [-0.05, 0) is 35.2 Å². The molecule has 0 spiro atoms. The van der Waals surface area contributed by atoms with Crippen molar-refractivity contribution in [3.63, 3.8) is 0 Å². The number of aromatic carboxylic acids is 1. The van der Waals surface area contributed by atoms with Gasteiger partial charge in [-0.2, -0.15) is 0 Å². The highest BCUT2D eigenvalue weighted by molar-refractivity contribution is 7.10. The SMILES string of the molecule is O=C(/C=C/c1cccs1)NCc1cccc(C(=O)O)c1. The fourth-order valence-corrected chi connectivity index (χ4v) is 2.22. The highest BCUT2D eigenvalue weighted by Crippen LogP contribution is 2.10. The van der Waals surface area contributed by atoms with E-state index in [2.05, 4.69) is 5.32 Å². The molecule has 4 nitrogen and oxygen atoms in total. The minimum absolute atomic E-state index is 0.209. The first-order chi connectivity index (χ1) is 9.65. The maximum absolute atomic E-state index is 11.6. The van der Waals surface area contributed by atoms with E-state index in [0.29, 0.717) is 6.54 Å². The highest BCUT2D eigenvalue weighted by atomic mass is 32.1. The number of carboxylic acid groups (broad SMARTS) is 1. The molecule has 20 heavy (non-hydrogen) atoms. The summed E-state index contributed by atoms with van der Waals surface area (Å²) >= 11 is 1.55. The Morgan fingerprint density at radius 2 is 2.10 bits per heavy atom. The molecule has 2 N–H and O–H groups in total. The molecule has 0 bridgehead atoms. The second-order valence-electron chi connectivity index (χ2n) is 4.07.